The Hall–Kier alpha value is -1.64. The highest BCUT2D eigenvalue weighted by Gasteiger charge is 2.30. The molecule has 1 fully saturated rings. The molecule has 1 saturated heterocycles. The number of rotatable bonds is 2. The molecule has 0 aromatic carbocycles. The molecular weight excluding hydrogens is 262 g/mol. The second-order valence-corrected chi connectivity index (χ2v) is 6.45. The van der Waals surface area contributed by atoms with Gasteiger partial charge in [0.05, 0.1) is 29.0 Å². The molecule has 2 heterocycles. The van der Waals surface area contributed by atoms with Crippen molar-refractivity contribution in [2.24, 2.45) is 5.10 Å². The van der Waals surface area contributed by atoms with Crippen molar-refractivity contribution in [2.75, 3.05) is 18.1 Å². The number of sulfone groups is 1. The summed E-state index contributed by atoms with van der Waals surface area (Å²) in [6.07, 6.45) is 1.51. The van der Waals surface area contributed by atoms with Gasteiger partial charge in [0.2, 0.25) is 5.90 Å². The van der Waals surface area contributed by atoms with E-state index in [-0.39, 0.29) is 30.0 Å². The van der Waals surface area contributed by atoms with E-state index in [0.717, 1.165) is 0 Å². The molecular formula is C9H13N3O5S. The summed E-state index contributed by atoms with van der Waals surface area (Å²) >= 11 is 0. The van der Waals surface area contributed by atoms with Crippen LogP contribution < -0.4 is 0 Å². The van der Waals surface area contributed by atoms with E-state index in [1.54, 1.807) is 11.9 Å². The molecule has 0 saturated carbocycles. The Kier molecular flexibility index (Phi) is 3.24. The lowest BCUT2D eigenvalue weighted by molar-refractivity contribution is -0.549. The van der Waals surface area contributed by atoms with Crippen LogP contribution in [0.15, 0.2) is 17.3 Å². The molecule has 8 nitrogen and oxygen atoms in total. The van der Waals surface area contributed by atoms with Gasteiger partial charge in [-0.15, -0.1) is 5.10 Å². The minimum absolute atomic E-state index is 0.0339. The Morgan fingerprint density at radius 3 is 2.89 bits per heavy atom. The predicted octanol–water partition coefficient (Wildman–Crippen LogP) is -0.392. The highest BCUT2D eigenvalue weighted by Crippen LogP contribution is 2.14. The summed E-state index contributed by atoms with van der Waals surface area (Å²) < 4.78 is 27.7. The van der Waals surface area contributed by atoms with Crippen LogP contribution in [0.25, 0.3) is 0 Å². The zero-order valence-corrected chi connectivity index (χ0v) is 10.5. The van der Waals surface area contributed by atoms with Gasteiger partial charge < -0.3 is 4.74 Å². The van der Waals surface area contributed by atoms with Crippen LogP contribution in [0, 0.1) is 10.1 Å². The number of hydrogen-bond donors (Lipinski definition) is 0. The first kappa shape index (κ1) is 12.8. The first-order valence-corrected chi connectivity index (χ1v) is 7.23. The van der Waals surface area contributed by atoms with E-state index in [1.165, 1.54) is 12.2 Å². The monoisotopic (exact) mass is 275 g/mol. The predicted molar refractivity (Wildman–Crippen MR) is 63.3 cm³/mol. The van der Waals surface area contributed by atoms with Crippen molar-refractivity contribution in [1.82, 2.24) is 5.01 Å². The first-order chi connectivity index (χ1) is 8.37. The second kappa shape index (κ2) is 4.56. The van der Waals surface area contributed by atoms with Crippen molar-refractivity contribution in [3.63, 3.8) is 0 Å². The molecule has 2 rings (SSSR count). The van der Waals surface area contributed by atoms with Crippen LogP contribution in [-0.2, 0) is 14.6 Å². The fraction of sp³-hybridized carbons (Fsp3) is 0.667. The van der Waals surface area contributed by atoms with Crippen LogP contribution >= 0.6 is 0 Å². The molecule has 9 heteroatoms. The largest absolute Gasteiger partial charge is 0.407 e. The fourth-order valence-electron chi connectivity index (χ4n) is 1.80. The first-order valence-electron chi connectivity index (χ1n) is 5.41. The van der Waals surface area contributed by atoms with Gasteiger partial charge in [-0.3, -0.25) is 15.1 Å². The average Bonchev–Trinajstić information content (AvgIpc) is 2.70. The number of nitro groups is 1. The Morgan fingerprint density at radius 1 is 1.61 bits per heavy atom. The van der Waals surface area contributed by atoms with E-state index >= 15 is 0 Å². The van der Waals surface area contributed by atoms with Gasteiger partial charge >= 0.3 is 6.23 Å². The molecule has 2 aliphatic rings. The quantitative estimate of drug-likeness (QED) is 0.502. The topological polar surface area (TPSA) is 102 Å². The van der Waals surface area contributed by atoms with Crippen molar-refractivity contribution < 1.29 is 18.1 Å². The summed E-state index contributed by atoms with van der Waals surface area (Å²) in [5.74, 6) is 0.214. The van der Waals surface area contributed by atoms with Crippen LogP contribution in [0.2, 0.25) is 0 Å². The molecule has 100 valence electrons. The van der Waals surface area contributed by atoms with E-state index in [0.29, 0.717) is 0 Å². The maximum absolute atomic E-state index is 11.4. The molecule has 0 amide bonds. The summed E-state index contributed by atoms with van der Waals surface area (Å²) in [6.45, 7) is 2.01. The van der Waals surface area contributed by atoms with E-state index in [9.17, 15) is 18.5 Å². The fourth-order valence-corrected chi connectivity index (χ4v) is 3.34. The van der Waals surface area contributed by atoms with E-state index in [4.69, 9.17) is 4.74 Å². The Balaban J connectivity index is 2.03. The van der Waals surface area contributed by atoms with Gasteiger partial charge in [0.25, 0.3) is 0 Å². The van der Waals surface area contributed by atoms with Crippen LogP contribution in [0.3, 0.4) is 0 Å². The van der Waals surface area contributed by atoms with Gasteiger partial charge in [-0.05, 0) is 6.92 Å². The zero-order valence-electron chi connectivity index (χ0n) is 9.72. The molecule has 18 heavy (non-hydrogen) atoms. The summed E-state index contributed by atoms with van der Waals surface area (Å²) in [4.78, 5) is 9.90. The van der Waals surface area contributed by atoms with Gasteiger partial charge in [0.1, 0.15) is 0 Å². The highest BCUT2D eigenvalue weighted by molar-refractivity contribution is 7.91. The molecule has 2 aliphatic heterocycles. The van der Waals surface area contributed by atoms with E-state index < -0.39 is 21.0 Å². The Bertz CT molecular complexity index is 512. The van der Waals surface area contributed by atoms with E-state index in [2.05, 4.69) is 5.10 Å². The number of nitrogens with zero attached hydrogens (tertiary/aromatic N) is 3. The highest BCUT2D eigenvalue weighted by atomic mass is 32.2. The molecule has 0 spiro atoms. The SMILES string of the molecule is CC1CS(=O)(=O)CCN1N=C1C=CC([N+](=O)[O-])O1. The van der Waals surface area contributed by atoms with Crippen molar-refractivity contribution >= 4 is 15.7 Å². The Morgan fingerprint density at radius 2 is 2.33 bits per heavy atom. The summed E-state index contributed by atoms with van der Waals surface area (Å²) in [7, 11) is -3.00. The molecule has 0 aliphatic carbocycles. The zero-order chi connectivity index (χ0) is 13.3. The molecule has 0 radical (unpaired) electrons. The minimum Gasteiger partial charge on any atom is -0.407 e. The maximum Gasteiger partial charge on any atom is 0.375 e. The average molecular weight is 275 g/mol. The summed E-state index contributed by atoms with van der Waals surface area (Å²) in [5, 5.41) is 16.1. The van der Waals surface area contributed by atoms with Gasteiger partial charge in [-0.25, -0.2) is 8.42 Å². The molecule has 2 unspecified atom stereocenters. The molecule has 0 N–H and O–H groups in total. The Labute approximate surface area is 104 Å². The molecule has 0 aromatic rings. The number of hydrazone groups is 1. The molecule has 2 atom stereocenters. The van der Waals surface area contributed by atoms with Crippen LogP contribution in [0.4, 0.5) is 0 Å². The van der Waals surface area contributed by atoms with Crippen molar-refractivity contribution in [3.05, 3.63) is 22.3 Å². The van der Waals surface area contributed by atoms with Crippen molar-refractivity contribution in [3.8, 4) is 0 Å². The van der Waals surface area contributed by atoms with Gasteiger partial charge in [0, 0.05) is 12.2 Å². The van der Waals surface area contributed by atoms with Gasteiger partial charge in [-0.1, -0.05) is 0 Å². The van der Waals surface area contributed by atoms with Crippen molar-refractivity contribution in [1.29, 1.82) is 0 Å². The normalized spacial score (nSPS) is 32.5. The standard InChI is InChI=1S/C9H13N3O5S/c1-7-6-18(15,16)5-4-11(7)10-8-2-3-9(17-8)12(13)14/h2-3,7,9H,4-6H2,1H3. The van der Waals surface area contributed by atoms with Crippen LogP contribution in [0.5, 0.6) is 0 Å². The van der Waals surface area contributed by atoms with Gasteiger partial charge in [0.15, 0.2) is 9.84 Å². The minimum atomic E-state index is -3.00. The van der Waals surface area contributed by atoms with Crippen LogP contribution in [-0.4, -0.2) is 54.6 Å². The lowest BCUT2D eigenvalue weighted by Gasteiger charge is -2.30. The lowest BCUT2D eigenvalue weighted by Crippen LogP contribution is -2.44. The van der Waals surface area contributed by atoms with Crippen LogP contribution in [0.1, 0.15) is 6.92 Å². The molecule has 0 bridgehead atoms. The lowest BCUT2D eigenvalue weighted by atomic mass is 10.4. The number of ether oxygens (including phenoxy) is 1. The van der Waals surface area contributed by atoms with Crippen molar-refractivity contribution in [2.45, 2.75) is 19.2 Å². The maximum atomic E-state index is 11.4. The number of hydrogen-bond acceptors (Lipinski definition) is 7. The third-order valence-electron chi connectivity index (χ3n) is 2.72. The van der Waals surface area contributed by atoms with E-state index in [1.807, 2.05) is 0 Å². The summed E-state index contributed by atoms with van der Waals surface area (Å²) in [5.41, 5.74) is 0. The smallest absolute Gasteiger partial charge is 0.375 e. The van der Waals surface area contributed by atoms with Gasteiger partial charge in [-0.2, -0.15) is 0 Å². The summed E-state index contributed by atoms with van der Waals surface area (Å²) in [6, 6.07) is -0.261. The third-order valence-corrected chi connectivity index (χ3v) is 4.51. The second-order valence-electron chi connectivity index (χ2n) is 4.22. The third kappa shape index (κ3) is 2.78. The molecule has 0 aromatic heterocycles.